The maximum absolute atomic E-state index is 12.6. The lowest BCUT2D eigenvalue weighted by molar-refractivity contribution is -0.117. The number of hydrogen-bond acceptors (Lipinski definition) is 3. The second kappa shape index (κ2) is 5.72. The molecule has 1 aromatic rings. The third-order valence-corrected chi connectivity index (χ3v) is 2.88. The number of pyridine rings is 1. The van der Waals surface area contributed by atoms with E-state index in [4.69, 9.17) is 0 Å². The van der Waals surface area contributed by atoms with Crippen molar-refractivity contribution in [3.63, 3.8) is 0 Å². The molecule has 0 saturated carbocycles. The maximum Gasteiger partial charge on any atom is 0.224 e. The van der Waals surface area contributed by atoms with Gasteiger partial charge in [-0.1, -0.05) is 0 Å². The van der Waals surface area contributed by atoms with Gasteiger partial charge in [-0.2, -0.15) is 4.39 Å². The van der Waals surface area contributed by atoms with Gasteiger partial charge in [0, 0.05) is 6.42 Å². The Balaban J connectivity index is 1.82. The number of rotatable bonds is 3. The molecule has 1 amide bonds. The summed E-state index contributed by atoms with van der Waals surface area (Å²) in [7, 11) is 0. The maximum atomic E-state index is 12.6. The number of amides is 1. The number of carbonyl (C=O) groups excluding carboxylic acids is 1. The minimum absolute atomic E-state index is 0.0351. The number of hydrogen-bond donors (Lipinski definition) is 2. The van der Waals surface area contributed by atoms with E-state index in [0.717, 1.165) is 25.9 Å². The summed E-state index contributed by atoms with van der Waals surface area (Å²) in [5.41, 5.74) is 0.542. The Morgan fingerprint density at radius 3 is 3.12 bits per heavy atom. The standard InChI is InChI=1S/C12H16FN3O/c13-11-4-3-10(8-15-11)16-12(17)6-9-2-1-5-14-7-9/h3-4,8-9,14H,1-2,5-7H2,(H,16,17). The highest BCUT2D eigenvalue weighted by atomic mass is 19.1. The van der Waals surface area contributed by atoms with E-state index in [-0.39, 0.29) is 5.91 Å². The monoisotopic (exact) mass is 237 g/mol. The van der Waals surface area contributed by atoms with Crippen LogP contribution >= 0.6 is 0 Å². The van der Waals surface area contributed by atoms with E-state index < -0.39 is 5.95 Å². The average molecular weight is 237 g/mol. The van der Waals surface area contributed by atoms with E-state index in [0.29, 0.717) is 18.0 Å². The van der Waals surface area contributed by atoms with Gasteiger partial charge in [0.05, 0.1) is 11.9 Å². The molecule has 1 saturated heterocycles. The molecule has 1 atom stereocenters. The summed E-state index contributed by atoms with van der Waals surface area (Å²) in [5.74, 6) is -0.177. The van der Waals surface area contributed by atoms with E-state index in [1.165, 1.54) is 18.3 Å². The van der Waals surface area contributed by atoms with Crippen LogP contribution in [-0.2, 0) is 4.79 Å². The molecule has 2 N–H and O–H groups in total. The fraction of sp³-hybridized carbons (Fsp3) is 0.500. The minimum Gasteiger partial charge on any atom is -0.325 e. The predicted molar refractivity (Wildman–Crippen MR) is 63.0 cm³/mol. The molecule has 17 heavy (non-hydrogen) atoms. The molecule has 2 rings (SSSR count). The number of halogens is 1. The van der Waals surface area contributed by atoms with Gasteiger partial charge in [-0.05, 0) is 44.0 Å². The zero-order valence-electron chi connectivity index (χ0n) is 9.58. The molecule has 92 valence electrons. The fourth-order valence-corrected chi connectivity index (χ4v) is 2.02. The molecule has 0 aliphatic carbocycles. The second-order valence-electron chi connectivity index (χ2n) is 4.33. The van der Waals surface area contributed by atoms with E-state index >= 15 is 0 Å². The Morgan fingerprint density at radius 1 is 1.59 bits per heavy atom. The molecule has 4 nitrogen and oxygen atoms in total. The molecule has 2 heterocycles. The van der Waals surface area contributed by atoms with Crippen molar-refractivity contribution in [3.8, 4) is 0 Å². The van der Waals surface area contributed by atoms with E-state index in [2.05, 4.69) is 15.6 Å². The van der Waals surface area contributed by atoms with Gasteiger partial charge in [-0.25, -0.2) is 4.98 Å². The third kappa shape index (κ3) is 3.78. The molecule has 0 aromatic carbocycles. The largest absolute Gasteiger partial charge is 0.325 e. The molecular formula is C12H16FN3O. The first-order valence-corrected chi connectivity index (χ1v) is 5.86. The van der Waals surface area contributed by atoms with Crippen molar-refractivity contribution in [1.29, 1.82) is 0 Å². The van der Waals surface area contributed by atoms with Gasteiger partial charge in [0.2, 0.25) is 11.9 Å². The van der Waals surface area contributed by atoms with Gasteiger partial charge in [0.1, 0.15) is 0 Å². The van der Waals surface area contributed by atoms with Crippen LogP contribution in [0, 0.1) is 11.9 Å². The average Bonchev–Trinajstić information content (AvgIpc) is 2.33. The van der Waals surface area contributed by atoms with Crippen molar-refractivity contribution in [3.05, 3.63) is 24.3 Å². The summed E-state index contributed by atoms with van der Waals surface area (Å²) >= 11 is 0. The summed E-state index contributed by atoms with van der Waals surface area (Å²) in [5, 5.41) is 5.99. The van der Waals surface area contributed by atoms with Gasteiger partial charge in [0.25, 0.3) is 0 Å². The Kier molecular flexibility index (Phi) is 4.03. The highest BCUT2D eigenvalue weighted by Gasteiger charge is 2.16. The van der Waals surface area contributed by atoms with Crippen LogP contribution < -0.4 is 10.6 Å². The lowest BCUT2D eigenvalue weighted by Crippen LogP contribution is -2.32. The highest BCUT2D eigenvalue weighted by molar-refractivity contribution is 5.90. The molecule has 1 aliphatic heterocycles. The Morgan fingerprint density at radius 2 is 2.47 bits per heavy atom. The number of carbonyl (C=O) groups is 1. The molecular weight excluding hydrogens is 221 g/mol. The van der Waals surface area contributed by atoms with Gasteiger partial charge in [-0.3, -0.25) is 4.79 Å². The molecule has 1 fully saturated rings. The number of nitrogens with zero attached hydrogens (tertiary/aromatic N) is 1. The van der Waals surface area contributed by atoms with Crippen molar-refractivity contribution >= 4 is 11.6 Å². The third-order valence-electron chi connectivity index (χ3n) is 2.88. The van der Waals surface area contributed by atoms with Crippen molar-refractivity contribution in [2.24, 2.45) is 5.92 Å². The molecule has 1 unspecified atom stereocenters. The topological polar surface area (TPSA) is 54.0 Å². The quantitative estimate of drug-likeness (QED) is 0.784. The number of nitrogens with one attached hydrogen (secondary N) is 2. The van der Waals surface area contributed by atoms with Crippen molar-refractivity contribution in [2.75, 3.05) is 18.4 Å². The first kappa shape index (κ1) is 12.0. The van der Waals surface area contributed by atoms with Crippen molar-refractivity contribution in [1.82, 2.24) is 10.3 Å². The molecule has 0 spiro atoms. The smallest absolute Gasteiger partial charge is 0.224 e. The lowest BCUT2D eigenvalue weighted by atomic mass is 9.96. The van der Waals surface area contributed by atoms with Crippen molar-refractivity contribution in [2.45, 2.75) is 19.3 Å². The number of aromatic nitrogens is 1. The number of piperidine rings is 1. The summed E-state index contributed by atoms with van der Waals surface area (Å²) in [6.45, 7) is 1.94. The molecule has 0 radical (unpaired) electrons. The van der Waals surface area contributed by atoms with Crippen LogP contribution in [0.3, 0.4) is 0 Å². The summed E-state index contributed by atoms with van der Waals surface area (Å²) in [6.07, 6.45) is 4.04. The first-order chi connectivity index (χ1) is 8.24. The summed E-state index contributed by atoms with van der Waals surface area (Å²) in [4.78, 5) is 15.2. The van der Waals surface area contributed by atoms with E-state index in [9.17, 15) is 9.18 Å². The summed E-state index contributed by atoms with van der Waals surface area (Å²) < 4.78 is 12.6. The van der Waals surface area contributed by atoms with Crippen LogP contribution in [0.4, 0.5) is 10.1 Å². The molecule has 5 heteroatoms. The predicted octanol–water partition coefficient (Wildman–Crippen LogP) is 1.55. The minimum atomic E-state index is -0.542. The van der Waals surface area contributed by atoms with E-state index in [1.807, 2.05) is 0 Å². The first-order valence-electron chi connectivity index (χ1n) is 5.86. The van der Waals surface area contributed by atoms with Crippen molar-refractivity contribution < 1.29 is 9.18 Å². The number of anilines is 1. The zero-order chi connectivity index (χ0) is 12.1. The van der Waals surface area contributed by atoms with Gasteiger partial charge in [0.15, 0.2) is 0 Å². The second-order valence-corrected chi connectivity index (χ2v) is 4.33. The normalized spacial score (nSPS) is 19.9. The fourth-order valence-electron chi connectivity index (χ4n) is 2.02. The summed E-state index contributed by atoms with van der Waals surface area (Å²) in [6, 6.07) is 2.75. The van der Waals surface area contributed by atoms with Crippen LogP contribution in [0.2, 0.25) is 0 Å². The van der Waals surface area contributed by atoms with Crippen LogP contribution in [0.1, 0.15) is 19.3 Å². The van der Waals surface area contributed by atoms with Gasteiger partial charge in [-0.15, -0.1) is 0 Å². The van der Waals surface area contributed by atoms with Crippen LogP contribution in [0.5, 0.6) is 0 Å². The van der Waals surface area contributed by atoms with Gasteiger partial charge >= 0.3 is 0 Å². The van der Waals surface area contributed by atoms with Gasteiger partial charge < -0.3 is 10.6 Å². The van der Waals surface area contributed by atoms with Crippen LogP contribution in [-0.4, -0.2) is 24.0 Å². The van der Waals surface area contributed by atoms with Crippen LogP contribution in [0.25, 0.3) is 0 Å². The Bertz CT molecular complexity index is 374. The molecule has 1 aromatic heterocycles. The lowest BCUT2D eigenvalue weighted by Gasteiger charge is -2.21. The van der Waals surface area contributed by atoms with E-state index in [1.54, 1.807) is 0 Å². The Hall–Kier alpha value is -1.49. The molecule has 0 bridgehead atoms. The molecule has 1 aliphatic rings. The van der Waals surface area contributed by atoms with Crippen LogP contribution in [0.15, 0.2) is 18.3 Å². The SMILES string of the molecule is O=C(CC1CCCNC1)Nc1ccc(F)nc1. The Labute approximate surface area is 99.6 Å². The zero-order valence-corrected chi connectivity index (χ0v) is 9.58. The highest BCUT2D eigenvalue weighted by Crippen LogP contribution is 2.15.